The van der Waals surface area contributed by atoms with E-state index < -0.39 is 10.0 Å². The molecule has 0 aliphatic carbocycles. The number of hydrogen-bond acceptors (Lipinski definition) is 4. The van der Waals surface area contributed by atoms with Gasteiger partial charge < -0.3 is 4.52 Å². The maximum atomic E-state index is 12.0. The fraction of sp³-hybridized carbons (Fsp3) is 0.308. The minimum absolute atomic E-state index is 0.287. The van der Waals surface area contributed by atoms with Crippen LogP contribution >= 0.6 is 0 Å². The van der Waals surface area contributed by atoms with Gasteiger partial charge in [0.25, 0.3) is 0 Å². The maximum absolute atomic E-state index is 12.0. The molecule has 1 aromatic heterocycles. The van der Waals surface area contributed by atoms with Crippen LogP contribution in [0.3, 0.4) is 0 Å². The van der Waals surface area contributed by atoms with Crippen molar-refractivity contribution >= 4 is 10.0 Å². The zero-order chi connectivity index (χ0) is 13.7. The monoisotopic (exact) mass is 280 g/mol. The average Bonchev–Trinajstić information content (AvgIpc) is 2.92. The highest BCUT2D eigenvalue weighted by Crippen LogP contribution is 2.11. The molecule has 0 unspecified atom stereocenters. The van der Waals surface area contributed by atoms with Crippen molar-refractivity contribution in [2.75, 3.05) is 6.54 Å². The molecule has 0 saturated heterocycles. The van der Waals surface area contributed by atoms with Crippen molar-refractivity contribution in [3.8, 4) is 0 Å². The number of benzene rings is 1. The number of aromatic nitrogens is 1. The normalized spacial score (nSPS) is 11.6. The van der Waals surface area contributed by atoms with Gasteiger partial charge in [-0.25, -0.2) is 13.1 Å². The van der Waals surface area contributed by atoms with Crippen LogP contribution < -0.4 is 4.72 Å². The van der Waals surface area contributed by atoms with E-state index in [0.717, 1.165) is 17.5 Å². The number of rotatable bonds is 6. The molecule has 1 heterocycles. The summed E-state index contributed by atoms with van der Waals surface area (Å²) in [6.45, 7) is 2.35. The smallest absolute Gasteiger partial charge is 0.240 e. The van der Waals surface area contributed by atoms with Crippen molar-refractivity contribution in [1.29, 1.82) is 0 Å². The summed E-state index contributed by atoms with van der Waals surface area (Å²) in [6.07, 6.45) is 4.52. The summed E-state index contributed by atoms with van der Waals surface area (Å²) in [4.78, 5) is 0.287. The molecule has 2 rings (SSSR count). The van der Waals surface area contributed by atoms with Crippen molar-refractivity contribution in [3.05, 3.63) is 47.9 Å². The van der Waals surface area contributed by atoms with Crippen LogP contribution in [0.25, 0.3) is 0 Å². The van der Waals surface area contributed by atoms with Gasteiger partial charge in [-0.15, -0.1) is 0 Å². The van der Waals surface area contributed by atoms with Crippen LogP contribution in [0, 0.1) is 0 Å². The van der Waals surface area contributed by atoms with Crippen molar-refractivity contribution in [2.24, 2.45) is 0 Å². The summed E-state index contributed by atoms with van der Waals surface area (Å²) in [5, 5.41) is 3.56. The topological polar surface area (TPSA) is 72.2 Å². The molecule has 0 aliphatic heterocycles. The first kappa shape index (κ1) is 13.8. The van der Waals surface area contributed by atoms with Gasteiger partial charge in [0, 0.05) is 12.1 Å². The standard InChI is InChI=1S/C13H16N2O3S/c1-2-11-3-5-13(6-4-11)19(16,17)15-8-7-12-9-14-18-10-12/h3-6,9-10,15H,2,7-8H2,1H3. The molecule has 19 heavy (non-hydrogen) atoms. The van der Waals surface area contributed by atoms with Crippen molar-refractivity contribution < 1.29 is 12.9 Å². The second-order valence-electron chi connectivity index (χ2n) is 4.18. The molecule has 0 fully saturated rings. The first-order chi connectivity index (χ1) is 9.12. The van der Waals surface area contributed by atoms with E-state index in [4.69, 9.17) is 0 Å². The summed E-state index contributed by atoms with van der Waals surface area (Å²) in [7, 11) is -3.44. The Morgan fingerprint density at radius 3 is 2.53 bits per heavy atom. The molecule has 0 aliphatic rings. The minimum atomic E-state index is -3.44. The predicted octanol–water partition coefficient (Wildman–Crippen LogP) is 1.76. The van der Waals surface area contributed by atoms with Crippen LogP contribution in [-0.2, 0) is 22.9 Å². The first-order valence-corrected chi connectivity index (χ1v) is 7.57. The summed E-state index contributed by atoms with van der Waals surface area (Å²) in [5.74, 6) is 0. The van der Waals surface area contributed by atoms with E-state index in [2.05, 4.69) is 14.4 Å². The Kier molecular flexibility index (Phi) is 4.34. The van der Waals surface area contributed by atoms with Gasteiger partial charge in [0.2, 0.25) is 10.0 Å². The second kappa shape index (κ2) is 5.99. The highest BCUT2D eigenvalue weighted by atomic mass is 32.2. The van der Waals surface area contributed by atoms with Crippen LogP contribution in [0.2, 0.25) is 0 Å². The van der Waals surface area contributed by atoms with Crippen LogP contribution in [-0.4, -0.2) is 20.1 Å². The van der Waals surface area contributed by atoms with E-state index in [1.54, 1.807) is 18.3 Å². The quantitative estimate of drug-likeness (QED) is 0.875. The van der Waals surface area contributed by atoms with Crippen molar-refractivity contribution in [3.63, 3.8) is 0 Å². The largest absolute Gasteiger partial charge is 0.364 e. The Labute approximate surface area is 112 Å². The zero-order valence-electron chi connectivity index (χ0n) is 10.7. The second-order valence-corrected chi connectivity index (χ2v) is 5.94. The van der Waals surface area contributed by atoms with E-state index in [1.165, 1.54) is 6.26 Å². The number of nitrogens with zero attached hydrogens (tertiary/aromatic N) is 1. The number of sulfonamides is 1. The number of aryl methyl sites for hydroxylation is 1. The Hall–Kier alpha value is -1.66. The molecule has 1 aromatic carbocycles. The van der Waals surface area contributed by atoms with Gasteiger partial charge in [-0.05, 0) is 30.5 Å². The van der Waals surface area contributed by atoms with Crippen molar-refractivity contribution in [2.45, 2.75) is 24.7 Å². The van der Waals surface area contributed by atoms with E-state index in [1.807, 2.05) is 19.1 Å². The predicted molar refractivity (Wildman–Crippen MR) is 71.2 cm³/mol. The molecule has 0 radical (unpaired) electrons. The molecular weight excluding hydrogens is 264 g/mol. The molecule has 0 atom stereocenters. The third-order valence-electron chi connectivity index (χ3n) is 2.83. The molecule has 0 saturated carbocycles. The van der Waals surface area contributed by atoms with E-state index in [-0.39, 0.29) is 4.90 Å². The van der Waals surface area contributed by atoms with Gasteiger partial charge in [-0.1, -0.05) is 24.2 Å². The summed E-state index contributed by atoms with van der Waals surface area (Å²) >= 11 is 0. The lowest BCUT2D eigenvalue weighted by molar-refractivity contribution is 0.419. The third kappa shape index (κ3) is 3.65. The lowest BCUT2D eigenvalue weighted by Gasteiger charge is -2.06. The summed E-state index contributed by atoms with van der Waals surface area (Å²) in [6, 6.07) is 6.91. The lowest BCUT2D eigenvalue weighted by Crippen LogP contribution is -2.25. The van der Waals surface area contributed by atoms with Gasteiger partial charge >= 0.3 is 0 Å². The SMILES string of the molecule is CCc1ccc(S(=O)(=O)NCCc2cnoc2)cc1. The molecule has 0 spiro atoms. The molecule has 102 valence electrons. The summed E-state index contributed by atoms with van der Waals surface area (Å²) in [5.41, 5.74) is 1.98. The molecule has 6 heteroatoms. The van der Waals surface area contributed by atoms with Crippen LogP contribution in [0.5, 0.6) is 0 Å². The Morgan fingerprint density at radius 2 is 1.95 bits per heavy atom. The fourth-order valence-electron chi connectivity index (χ4n) is 1.67. The molecule has 0 bridgehead atoms. The molecule has 0 amide bonds. The van der Waals surface area contributed by atoms with Crippen molar-refractivity contribution in [1.82, 2.24) is 9.88 Å². The van der Waals surface area contributed by atoms with Crippen LogP contribution in [0.1, 0.15) is 18.1 Å². The molecular formula is C13H16N2O3S. The minimum Gasteiger partial charge on any atom is -0.364 e. The summed E-state index contributed by atoms with van der Waals surface area (Å²) < 4.78 is 31.3. The first-order valence-electron chi connectivity index (χ1n) is 6.08. The van der Waals surface area contributed by atoms with E-state index in [9.17, 15) is 8.42 Å². The zero-order valence-corrected chi connectivity index (χ0v) is 11.5. The fourth-order valence-corrected chi connectivity index (χ4v) is 2.70. The molecule has 2 aromatic rings. The van der Waals surface area contributed by atoms with Gasteiger partial charge in [0.15, 0.2) is 0 Å². The number of hydrogen-bond donors (Lipinski definition) is 1. The van der Waals surface area contributed by atoms with Crippen LogP contribution in [0.4, 0.5) is 0 Å². The highest BCUT2D eigenvalue weighted by Gasteiger charge is 2.13. The van der Waals surface area contributed by atoms with Gasteiger partial charge in [-0.2, -0.15) is 0 Å². The third-order valence-corrected chi connectivity index (χ3v) is 4.31. The van der Waals surface area contributed by atoms with E-state index in [0.29, 0.717) is 13.0 Å². The van der Waals surface area contributed by atoms with E-state index >= 15 is 0 Å². The average molecular weight is 280 g/mol. The Morgan fingerprint density at radius 1 is 1.21 bits per heavy atom. The number of nitrogens with one attached hydrogen (secondary N) is 1. The molecule has 1 N–H and O–H groups in total. The van der Waals surface area contributed by atoms with Gasteiger partial charge in [0.05, 0.1) is 11.1 Å². The Balaban J connectivity index is 1.97. The van der Waals surface area contributed by atoms with Crippen LogP contribution in [0.15, 0.2) is 46.1 Å². The maximum Gasteiger partial charge on any atom is 0.240 e. The highest BCUT2D eigenvalue weighted by molar-refractivity contribution is 7.89. The Bertz CT molecular complexity index is 604. The van der Waals surface area contributed by atoms with Gasteiger partial charge in [-0.3, -0.25) is 0 Å². The molecule has 5 nitrogen and oxygen atoms in total. The lowest BCUT2D eigenvalue weighted by atomic mass is 10.2. The van der Waals surface area contributed by atoms with Gasteiger partial charge in [0.1, 0.15) is 6.26 Å².